The summed E-state index contributed by atoms with van der Waals surface area (Å²) in [5.74, 6) is 1.74. The fourth-order valence-electron chi connectivity index (χ4n) is 2.97. The highest BCUT2D eigenvalue weighted by atomic mass is 16.5. The van der Waals surface area contributed by atoms with Gasteiger partial charge in [0.05, 0.1) is 6.61 Å². The monoisotopic (exact) mass is 315 g/mol. The second kappa shape index (κ2) is 7.26. The van der Waals surface area contributed by atoms with Crippen molar-refractivity contribution in [3.8, 4) is 5.75 Å². The van der Waals surface area contributed by atoms with Gasteiger partial charge in [-0.05, 0) is 25.0 Å². The summed E-state index contributed by atoms with van der Waals surface area (Å²) in [6, 6.07) is 9.56. The zero-order valence-electron chi connectivity index (χ0n) is 13.0. The summed E-state index contributed by atoms with van der Waals surface area (Å²) in [7, 11) is 0. The standard InChI is InChI=1S/C17H21N3O3/c21-16(22)12-20-15(10-11-23-14-8-2-1-3-9-14)18-17(19-20)13-6-4-5-7-13/h1-3,8-9,13H,4-7,10-12H2,(H,21,22). The number of hydrogen-bond donors (Lipinski definition) is 1. The van der Waals surface area contributed by atoms with Gasteiger partial charge in [-0.3, -0.25) is 4.79 Å². The van der Waals surface area contributed by atoms with Crippen LogP contribution in [0.2, 0.25) is 0 Å². The minimum absolute atomic E-state index is 0.152. The first kappa shape index (κ1) is 15.5. The van der Waals surface area contributed by atoms with Crippen molar-refractivity contribution in [3.05, 3.63) is 42.0 Å². The summed E-state index contributed by atoms with van der Waals surface area (Å²) in [6.45, 7) is 0.298. The van der Waals surface area contributed by atoms with Gasteiger partial charge in [0.25, 0.3) is 0 Å². The molecule has 1 saturated carbocycles. The van der Waals surface area contributed by atoms with E-state index in [1.54, 1.807) is 0 Å². The molecule has 3 rings (SSSR count). The van der Waals surface area contributed by atoms with Crippen molar-refractivity contribution in [1.29, 1.82) is 0 Å². The van der Waals surface area contributed by atoms with Crippen LogP contribution in [0, 0.1) is 0 Å². The third kappa shape index (κ3) is 4.09. The molecule has 0 bridgehead atoms. The van der Waals surface area contributed by atoms with Crippen molar-refractivity contribution in [2.75, 3.05) is 6.61 Å². The first-order valence-corrected chi connectivity index (χ1v) is 8.05. The lowest BCUT2D eigenvalue weighted by Crippen LogP contribution is -2.15. The maximum atomic E-state index is 11.0. The van der Waals surface area contributed by atoms with Crippen molar-refractivity contribution >= 4 is 5.97 Å². The normalized spacial score (nSPS) is 15.0. The Kier molecular flexibility index (Phi) is 4.90. The highest BCUT2D eigenvalue weighted by Gasteiger charge is 2.23. The zero-order valence-corrected chi connectivity index (χ0v) is 13.0. The summed E-state index contributed by atoms with van der Waals surface area (Å²) in [5.41, 5.74) is 0. The highest BCUT2D eigenvalue weighted by molar-refractivity contribution is 5.66. The number of rotatable bonds is 7. The van der Waals surface area contributed by atoms with Crippen LogP contribution in [0.5, 0.6) is 5.75 Å². The van der Waals surface area contributed by atoms with Gasteiger partial charge < -0.3 is 9.84 Å². The molecule has 1 heterocycles. The Balaban J connectivity index is 1.67. The molecule has 0 saturated heterocycles. The second-order valence-corrected chi connectivity index (χ2v) is 5.83. The number of hydrogen-bond acceptors (Lipinski definition) is 4. The number of carbonyl (C=O) groups is 1. The fourth-order valence-corrected chi connectivity index (χ4v) is 2.97. The molecule has 1 fully saturated rings. The van der Waals surface area contributed by atoms with E-state index in [-0.39, 0.29) is 6.54 Å². The van der Waals surface area contributed by atoms with Gasteiger partial charge in [-0.2, -0.15) is 5.10 Å². The molecule has 1 aromatic heterocycles. The van der Waals surface area contributed by atoms with E-state index < -0.39 is 5.97 Å². The molecule has 122 valence electrons. The average Bonchev–Trinajstić information content (AvgIpc) is 3.18. The predicted octanol–water partition coefficient (Wildman–Crippen LogP) is 2.64. The number of aliphatic carboxylic acids is 1. The zero-order chi connectivity index (χ0) is 16.1. The van der Waals surface area contributed by atoms with E-state index in [0.29, 0.717) is 24.8 Å². The van der Waals surface area contributed by atoms with Gasteiger partial charge in [-0.15, -0.1) is 0 Å². The van der Waals surface area contributed by atoms with Gasteiger partial charge in [0, 0.05) is 12.3 Å². The molecule has 2 aromatic rings. The number of ether oxygens (including phenoxy) is 1. The highest BCUT2D eigenvalue weighted by Crippen LogP contribution is 2.32. The summed E-state index contributed by atoms with van der Waals surface area (Å²) >= 11 is 0. The van der Waals surface area contributed by atoms with Crippen molar-refractivity contribution in [1.82, 2.24) is 14.8 Å². The molecule has 1 N–H and O–H groups in total. The molecule has 1 aromatic carbocycles. The third-order valence-electron chi connectivity index (χ3n) is 4.11. The Bertz CT molecular complexity index is 648. The number of aromatic nitrogens is 3. The lowest BCUT2D eigenvalue weighted by molar-refractivity contribution is -0.137. The molecule has 6 heteroatoms. The van der Waals surface area contributed by atoms with Crippen LogP contribution < -0.4 is 4.74 Å². The van der Waals surface area contributed by atoms with Crippen molar-refractivity contribution in [3.63, 3.8) is 0 Å². The van der Waals surface area contributed by atoms with E-state index in [2.05, 4.69) is 10.1 Å². The predicted molar refractivity (Wildman–Crippen MR) is 84.5 cm³/mol. The Morgan fingerprint density at radius 1 is 1.26 bits per heavy atom. The number of carboxylic acids is 1. The Morgan fingerprint density at radius 2 is 2.00 bits per heavy atom. The molecular formula is C17H21N3O3. The summed E-state index contributed by atoms with van der Waals surface area (Å²) in [6.07, 6.45) is 5.13. The van der Waals surface area contributed by atoms with E-state index in [9.17, 15) is 4.79 Å². The van der Waals surface area contributed by atoms with Crippen LogP contribution in [0.15, 0.2) is 30.3 Å². The molecule has 0 unspecified atom stereocenters. The largest absolute Gasteiger partial charge is 0.493 e. The van der Waals surface area contributed by atoms with E-state index in [4.69, 9.17) is 9.84 Å². The van der Waals surface area contributed by atoms with Crippen molar-refractivity contribution < 1.29 is 14.6 Å². The number of benzene rings is 1. The van der Waals surface area contributed by atoms with E-state index in [0.717, 1.165) is 24.4 Å². The smallest absolute Gasteiger partial charge is 0.325 e. The molecular weight excluding hydrogens is 294 g/mol. The van der Waals surface area contributed by atoms with Crippen LogP contribution in [0.3, 0.4) is 0 Å². The van der Waals surface area contributed by atoms with Gasteiger partial charge in [0.15, 0.2) is 5.82 Å². The van der Waals surface area contributed by atoms with Gasteiger partial charge in [-0.25, -0.2) is 9.67 Å². The Labute approximate surface area is 135 Å². The molecule has 1 aliphatic carbocycles. The minimum atomic E-state index is -0.905. The van der Waals surface area contributed by atoms with Gasteiger partial charge in [-0.1, -0.05) is 31.0 Å². The molecule has 0 spiro atoms. The van der Waals surface area contributed by atoms with Crippen LogP contribution in [0.1, 0.15) is 43.3 Å². The molecule has 0 atom stereocenters. The van der Waals surface area contributed by atoms with Gasteiger partial charge >= 0.3 is 5.97 Å². The van der Waals surface area contributed by atoms with Crippen LogP contribution in [0.4, 0.5) is 0 Å². The molecule has 0 amide bonds. The van der Waals surface area contributed by atoms with Crippen LogP contribution >= 0.6 is 0 Å². The lowest BCUT2D eigenvalue weighted by Gasteiger charge is -2.06. The lowest BCUT2D eigenvalue weighted by atomic mass is 10.1. The van der Waals surface area contributed by atoms with E-state index in [1.165, 1.54) is 17.5 Å². The van der Waals surface area contributed by atoms with E-state index >= 15 is 0 Å². The molecule has 23 heavy (non-hydrogen) atoms. The Morgan fingerprint density at radius 3 is 2.70 bits per heavy atom. The Hall–Kier alpha value is -2.37. The summed E-state index contributed by atoms with van der Waals surface area (Å²) in [4.78, 5) is 15.6. The van der Waals surface area contributed by atoms with Crippen LogP contribution in [-0.4, -0.2) is 32.4 Å². The number of carboxylic acid groups (broad SMARTS) is 1. The molecule has 1 aliphatic rings. The fraction of sp³-hybridized carbons (Fsp3) is 0.471. The maximum absolute atomic E-state index is 11.0. The second-order valence-electron chi connectivity index (χ2n) is 5.83. The number of nitrogens with zero attached hydrogens (tertiary/aromatic N) is 3. The topological polar surface area (TPSA) is 77.2 Å². The van der Waals surface area contributed by atoms with Gasteiger partial charge in [0.1, 0.15) is 18.1 Å². The summed E-state index contributed by atoms with van der Waals surface area (Å²) < 4.78 is 7.18. The first-order valence-electron chi connectivity index (χ1n) is 8.05. The number of para-hydroxylation sites is 1. The molecule has 6 nitrogen and oxygen atoms in total. The van der Waals surface area contributed by atoms with Gasteiger partial charge in [0.2, 0.25) is 0 Å². The average molecular weight is 315 g/mol. The minimum Gasteiger partial charge on any atom is -0.493 e. The van der Waals surface area contributed by atoms with Crippen molar-refractivity contribution in [2.24, 2.45) is 0 Å². The van der Waals surface area contributed by atoms with Crippen LogP contribution in [0.25, 0.3) is 0 Å². The third-order valence-corrected chi connectivity index (χ3v) is 4.11. The van der Waals surface area contributed by atoms with E-state index in [1.807, 2.05) is 30.3 Å². The summed E-state index contributed by atoms with van der Waals surface area (Å²) in [5, 5.41) is 13.5. The van der Waals surface area contributed by atoms with Crippen LogP contribution in [-0.2, 0) is 17.8 Å². The first-order chi connectivity index (χ1) is 11.2. The van der Waals surface area contributed by atoms with Crippen molar-refractivity contribution in [2.45, 2.75) is 44.6 Å². The molecule has 0 aliphatic heterocycles. The molecule has 0 radical (unpaired) electrons. The SMILES string of the molecule is O=C(O)Cn1nc(C2CCCC2)nc1CCOc1ccccc1. The quantitative estimate of drug-likeness (QED) is 0.850. The maximum Gasteiger partial charge on any atom is 0.325 e.